The smallest absolute Gasteiger partial charge is 0.161 e. The second-order valence-corrected chi connectivity index (χ2v) is 8.54. The Morgan fingerprint density at radius 2 is 1.10 bits per heavy atom. The Kier molecular flexibility index (Phi) is 4.03. The van der Waals surface area contributed by atoms with Crippen LogP contribution < -0.4 is 10.6 Å². The van der Waals surface area contributed by atoms with Gasteiger partial charge in [0.2, 0.25) is 0 Å². The molecule has 0 aliphatic carbocycles. The van der Waals surface area contributed by atoms with Crippen molar-refractivity contribution >= 4 is 76.9 Å². The van der Waals surface area contributed by atoms with Crippen LogP contribution in [0.5, 0.6) is 0 Å². The van der Waals surface area contributed by atoms with E-state index in [1.165, 1.54) is 0 Å². The molecule has 0 saturated heterocycles. The SMILES string of the molecule is c1ccc2c(Nc3ccc4ncsc4c3)nnc(Nc3ccc4ncsc4c3)c2c1. The van der Waals surface area contributed by atoms with Gasteiger partial charge in [-0.05, 0) is 36.4 Å². The number of rotatable bonds is 4. The minimum Gasteiger partial charge on any atom is -0.338 e. The minimum atomic E-state index is 0.720. The maximum atomic E-state index is 4.47. The van der Waals surface area contributed by atoms with E-state index in [0.717, 1.165) is 54.2 Å². The van der Waals surface area contributed by atoms with Gasteiger partial charge in [-0.1, -0.05) is 24.3 Å². The molecular formula is C22H14N6S2. The van der Waals surface area contributed by atoms with E-state index in [1.54, 1.807) is 22.7 Å². The van der Waals surface area contributed by atoms with Gasteiger partial charge in [-0.15, -0.1) is 32.9 Å². The normalized spacial score (nSPS) is 11.3. The molecule has 0 amide bonds. The Balaban J connectivity index is 1.38. The van der Waals surface area contributed by atoms with E-state index in [2.05, 4.69) is 55.1 Å². The van der Waals surface area contributed by atoms with Crippen LogP contribution in [0.15, 0.2) is 71.7 Å². The number of fused-ring (bicyclic) bond motifs is 3. The van der Waals surface area contributed by atoms with Crippen LogP contribution in [0.2, 0.25) is 0 Å². The van der Waals surface area contributed by atoms with E-state index in [4.69, 9.17) is 0 Å². The van der Waals surface area contributed by atoms with Gasteiger partial charge < -0.3 is 10.6 Å². The van der Waals surface area contributed by atoms with Gasteiger partial charge in [-0.25, -0.2) is 9.97 Å². The summed E-state index contributed by atoms with van der Waals surface area (Å²) in [6.45, 7) is 0. The molecule has 144 valence electrons. The molecule has 6 rings (SSSR count). The zero-order valence-corrected chi connectivity index (χ0v) is 17.2. The number of aromatic nitrogens is 4. The van der Waals surface area contributed by atoms with Crippen molar-refractivity contribution in [2.45, 2.75) is 0 Å². The summed E-state index contributed by atoms with van der Waals surface area (Å²) in [7, 11) is 0. The van der Waals surface area contributed by atoms with Crippen LogP contribution in [-0.4, -0.2) is 20.2 Å². The number of hydrogen-bond acceptors (Lipinski definition) is 8. The van der Waals surface area contributed by atoms with Crippen LogP contribution in [0, 0.1) is 0 Å². The summed E-state index contributed by atoms with van der Waals surface area (Å²) in [4.78, 5) is 8.67. The predicted molar refractivity (Wildman–Crippen MR) is 125 cm³/mol. The standard InChI is InChI=1S/C22H14N6S2/c1-2-4-16-15(3-1)21(25-13-5-7-17-19(9-13)29-11-23-17)27-28-22(16)26-14-6-8-18-20(10-14)30-12-24-18/h1-12H,(H,25,27)(H,26,28). The van der Waals surface area contributed by atoms with Gasteiger partial charge >= 0.3 is 0 Å². The second kappa shape index (κ2) is 7.01. The number of benzene rings is 3. The Labute approximate surface area is 179 Å². The first-order valence-corrected chi connectivity index (χ1v) is 11.1. The quantitative estimate of drug-likeness (QED) is 0.343. The third kappa shape index (κ3) is 3.02. The lowest BCUT2D eigenvalue weighted by atomic mass is 10.1. The zero-order chi connectivity index (χ0) is 19.9. The minimum absolute atomic E-state index is 0.720. The monoisotopic (exact) mass is 426 g/mol. The molecule has 3 heterocycles. The molecule has 0 radical (unpaired) electrons. The molecule has 8 heteroatoms. The molecule has 0 unspecified atom stereocenters. The van der Waals surface area contributed by atoms with Crippen molar-refractivity contribution in [1.82, 2.24) is 20.2 Å². The fourth-order valence-corrected chi connectivity index (χ4v) is 4.86. The van der Waals surface area contributed by atoms with Crippen LogP contribution in [0.1, 0.15) is 0 Å². The van der Waals surface area contributed by atoms with E-state index in [9.17, 15) is 0 Å². The van der Waals surface area contributed by atoms with Gasteiger partial charge in [-0.3, -0.25) is 0 Å². The van der Waals surface area contributed by atoms with Crippen LogP contribution in [-0.2, 0) is 0 Å². The molecule has 0 atom stereocenters. The Morgan fingerprint density at radius 3 is 1.60 bits per heavy atom. The zero-order valence-electron chi connectivity index (χ0n) is 15.5. The highest BCUT2D eigenvalue weighted by Crippen LogP contribution is 2.32. The second-order valence-electron chi connectivity index (χ2n) is 6.76. The lowest BCUT2D eigenvalue weighted by molar-refractivity contribution is 1.06. The van der Waals surface area contributed by atoms with Crippen molar-refractivity contribution in [1.29, 1.82) is 0 Å². The highest BCUT2D eigenvalue weighted by molar-refractivity contribution is 7.17. The number of thiazole rings is 2. The van der Waals surface area contributed by atoms with E-state index in [-0.39, 0.29) is 0 Å². The first-order chi connectivity index (χ1) is 14.8. The molecule has 6 nitrogen and oxygen atoms in total. The lowest BCUT2D eigenvalue weighted by Crippen LogP contribution is -2.01. The summed E-state index contributed by atoms with van der Waals surface area (Å²) >= 11 is 3.24. The van der Waals surface area contributed by atoms with Crippen molar-refractivity contribution in [3.8, 4) is 0 Å². The fraction of sp³-hybridized carbons (Fsp3) is 0. The molecule has 0 bridgehead atoms. The fourth-order valence-electron chi connectivity index (χ4n) is 3.43. The van der Waals surface area contributed by atoms with E-state index < -0.39 is 0 Å². The van der Waals surface area contributed by atoms with Gasteiger partial charge in [-0.2, -0.15) is 0 Å². The Hall–Kier alpha value is -3.62. The average molecular weight is 427 g/mol. The Bertz CT molecular complexity index is 1410. The van der Waals surface area contributed by atoms with Crippen molar-refractivity contribution in [2.75, 3.05) is 10.6 Å². The number of nitrogens with zero attached hydrogens (tertiary/aromatic N) is 4. The van der Waals surface area contributed by atoms with Gasteiger partial charge in [0, 0.05) is 22.1 Å². The molecule has 0 aliphatic rings. The van der Waals surface area contributed by atoms with Gasteiger partial charge in [0.25, 0.3) is 0 Å². The van der Waals surface area contributed by atoms with Crippen LogP contribution in [0.25, 0.3) is 31.2 Å². The molecule has 0 aliphatic heterocycles. The van der Waals surface area contributed by atoms with E-state index in [1.807, 2.05) is 47.4 Å². The summed E-state index contributed by atoms with van der Waals surface area (Å²) < 4.78 is 2.27. The number of hydrogen-bond donors (Lipinski definition) is 2. The molecule has 6 aromatic rings. The van der Waals surface area contributed by atoms with Gasteiger partial charge in [0.1, 0.15) is 0 Å². The summed E-state index contributed by atoms with van der Waals surface area (Å²) in [6, 6.07) is 20.3. The Morgan fingerprint density at radius 1 is 0.600 bits per heavy atom. The third-order valence-electron chi connectivity index (χ3n) is 4.88. The molecular weight excluding hydrogens is 412 g/mol. The van der Waals surface area contributed by atoms with Crippen LogP contribution in [0.4, 0.5) is 23.0 Å². The molecule has 0 saturated carbocycles. The maximum absolute atomic E-state index is 4.47. The molecule has 3 aromatic heterocycles. The molecule has 2 N–H and O–H groups in total. The summed E-state index contributed by atoms with van der Waals surface area (Å²) in [6.07, 6.45) is 0. The third-order valence-corrected chi connectivity index (χ3v) is 6.46. The summed E-state index contributed by atoms with van der Waals surface area (Å²) in [5.41, 5.74) is 7.63. The molecule has 30 heavy (non-hydrogen) atoms. The summed E-state index contributed by atoms with van der Waals surface area (Å²) in [5, 5.41) is 17.8. The van der Waals surface area contributed by atoms with Crippen molar-refractivity contribution < 1.29 is 0 Å². The average Bonchev–Trinajstić information content (AvgIpc) is 3.44. The van der Waals surface area contributed by atoms with Crippen molar-refractivity contribution in [3.05, 3.63) is 71.7 Å². The maximum Gasteiger partial charge on any atom is 0.161 e. The van der Waals surface area contributed by atoms with E-state index in [0.29, 0.717) is 0 Å². The van der Waals surface area contributed by atoms with Crippen LogP contribution in [0.3, 0.4) is 0 Å². The number of anilines is 4. The highest BCUT2D eigenvalue weighted by Gasteiger charge is 2.11. The summed E-state index contributed by atoms with van der Waals surface area (Å²) in [5.74, 6) is 1.44. The predicted octanol–water partition coefficient (Wildman–Crippen LogP) is 6.34. The molecule has 3 aromatic carbocycles. The first-order valence-electron chi connectivity index (χ1n) is 9.29. The topological polar surface area (TPSA) is 75.6 Å². The van der Waals surface area contributed by atoms with Gasteiger partial charge in [0.15, 0.2) is 11.6 Å². The van der Waals surface area contributed by atoms with Crippen molar-refractivity contribution in [2.24, 2.45) is 0 Å². The van der Waals surface area contributed by atoms with Crippen LogP contribution >= 0.6 is 22.7 Å². The lowest BCUT2D eigenvalue weighted by Gasteiger charge is -2.12. The van der Waals surface area contributed by atoms with Gasteiger partial charge in [0.05, 0.1) is 31.5 Å². The number of nitrogens with one attached hydrogen (secondary N) is 2. The van der Waals surface area contributed by atoms with Crippen molar-refractivity contribution in [3.63, 3.8) is 0 Å². The molecule has 0 fully saturated rings. The largest absolute Gasteiger partial charge is 0.338 e. The first kappa shape index (κ1) is 17.3. The van der Waals surface area contributed by atoms with E-state index >= 15 is 0 Å². The highest BCUT2D eigenvalue weighted by atomic mass is 32.1. The molecule has 0 spiro atoms.